The van der Waals surface area contributed by atoms with Crippen LogP contribution < -0.4 is 10.6 Å². The van der Waals surface area contributed by atoms with Crippen molar-refractivity contribution in [2.24, 2.45) is 5.92 Å². The van der Waals surface area contributed by atoms with E-state index in [4.69, 9.17) is 28.9 Å². The van der Waals surface area contributed by atoms with Gasteiger partial charge in [-0.25, -0.2) is 0 Å². The van der Waals surface area contributed by atoms with Gasteiger partial charge in [-0.05, 0) is 36.1 Å². The minimum Gasteiger partial charge on any atom is -0.399 e. The summed E-state index contributed by atoms with van der Waals surface area (Å²) >= 11 is 12.8. The fourth-order valence-electron chi connectivity index (χ4n) is 2.85. The third-order valence-corrected chi connectivity index (χ3v) is 4.23. The Morgan fingerprint density at radius 3 is 2.50 bits per heavy atom. The number of hydrogen-bond acceptors (Lipinski definition) is 2. The quantitative estimate of drug-likeness (QED) is 0.759. The number of benzene rings is 2. The lowest BCUT2D eigenvalue weighted by Gasteiger charge is -2.35. The standard InChI is InChI=1S/C16H16Cl2N2/c1-10-6-11-4-2-3-5-15(11)20(9-10)16-13(17)7-12(19)8-14(16)18/h2-5,7-8,10H,6,9,19H2,1H3. The van der Waals surface area contributed by atoms with Crippen molar-refractivity contribution in [1.82, 2.24) is 0 Å². The molecule has 0 saturated heterocycles. The van der Waals surface area contributed by atoms with E-state index in [9.17, 15) is 0 Å². The molecule has 0 spiro atoms. The van der Waals surface area contributed by atoms with Crippen molar-refractivity contribution in [3.05, 3.63) is 52.0 Å². The van der Waals surface area contributed by atoms with Crippen molar-refractivity contribution >= 4 is 40.3 Å². The average molecular weight is 307 g/mol. The summed E-state index contributed by atoms with van der Waals surface area (Å²) in [6.07, 6.45) is 1.08. The molecular formula is C16H16Cl2N2. The third-order valence-electron chi connectivity index (χ3n) is 3.65. The number of fused-ring (bicyclic) bond motifs is 1. The Labute approximate surface area is 129 Å². The molecule has 1 atom stereocenters. The average Bonchev–Trinajstić information content (AvgIpc) is 2.37. The van der Waals surface area contributed by atoms with Gasteiger partial charge in [-0.1, -0.05) is 48.3 Å². The van der Waals surface area contributed by atoms with Gasteiger partial charge in [0, 0.05) is 17.9 Å². The van der Waals surface area contributed by atoms with Crippen LogP contribution in [0.3, 0.4) is 0 Å². The molecule has 0 radical (unpaired) electrons. The van der Waals surface area contributed by atoms with Crippen molar-refractivity contribution in [1.29, 1.82) is 0 Å². The Balaban J connectivity index is 2.16. The predicted molar refractivity (Wildman–Crippen MR) is 87.2 cm³/mol. The number of rotatable bonds is 1. The molecule has 2 aromatic rings. The van der Waals surface area contributed by atoms with Crippen LogP contribution >= 0.6 is 23.2 Å². The smallest absolute Gasteiger partial charge is 0.0791 e. The van der Waals surface area contributed by atoms with E-state index < -0.39 is 0 Å². The van der Waals surface area contributed by atoms with Crippen LogP contribution in [0.2, 0.25) is 10.0 Å². The lowest BCUT2D eigenvalue weighted by molar-refractivity contribution is 0.562. The summed E-state index contributed by atoms with van der Waals surface area (Å²) < 4.78 is 0. The van der Waals surface area contributed by atoms with Gasteiger partial charge < -0.3 is 10.6 Å². The first-order valence-electron chi connectivity index (χ1n) is 6.66. The highest BCUT2D eigenvalue weighted by Crippen LogP contribution is 2.43. The molecule has 1 unspecified atom stereocenters. The summed E-state index contributed by atoms with van der Waals surface area (Å²) in [5.74, 6) is 0.551. The molecule has 20 heavy (non-hydrogen) atoms. The van der Waals surface area contributed by atoms with Gasteiger partial charge in [0.1, 0.15) is 0 Å². The SMILES string of the molecule is CC1Cc2ccccc2N(c2c(Cl)cc(N)cc2Cl)C1. The normalized spacial score (nSPS) is 17.9. The van der Waals surface area contributed by atoms with Gasteiger partial charge in [0.25, 0.3) is 0 Å². The Bertz CT molecular complexity index is 632. The Hall–Kier alpha value is -1.38. The van der Waals surface area contributed by atoms with Gasteiger partial charge in [-0.2, -0.15) is 0 Å². The number of nitrogens with zero attached hydrogens (tertiary/aromatic N) is 1. The Kier molecular flexibility index (Phi) is 3.53. The van der Waals surface area contributed by atoms with E-state index >= 15 is 0 Å². The number of nitrogens with two attached hydrogens (primary N) is 1. The first kappa shape index (κ1) is 13.6. The molecule has 2 N–H and O–H groups in total. The second-order valence-electron chi connectivity index (χ2n) is 5.38. The topological polar surface area (TPSA) is 29.3 Å². The monoisotopic (exact) mass is 306 g/mol. The van der Waals surface area contributed by atoms with E-state index in [0.717, 1.165) is 18.7 Å². The molecule has 0 saturated carbocycles. The minimum absolute atomic E-state index is 0.551. The summed E-state index contributed by atoms with van der Waals surface area (Å²) in [6.45, 7) is 3.14. The number of para-hydroxylation sites is 1. The van der Waals surface area contributed by atoms with Crippen LogP contribution in [0.15, 0.2) is 36.4 Å². The van der Waals surface area contributed by atoms with E-state index in [-0.39, 0.29) is 0 Å². The van der Waals surface area contributed by atoms with Crippen LogP contribution in [0.25, 0.3) is 0 Å². The molecular weight excluding hydrogens is 291 g/mol. The summed E-state index contributed by atoms with van der Waals surface area (Å²) in [7, 11) is 0. The third kappa shape index (κ3) is 2.34. The molecule has 0 fully saturated rings. The van der Waals surface area contributed by atoms with Gasteiger partial charge >= 0.3 is 0 Å². The molecule has 0 bridgehead atoms. The van der Waals surface area contributed by atoms with Gasteiger partial charge in [-0.15, -0.1) is 0 Å². The van der Waals surface area contributed by atoms with Crippen LogP contribution in [0.4, 0.5) is 17.1 Å². The lowest BCUT2D eigenvalue weighted by atomic mass is 9.93. The van der Waals surface area contributed by atoms with E-state index in [1.807, 2.05) is 6.07 Å². The summed E-state index contributed by atoms with van der Waals surface area (Å²) in [4.78, 5) is 2.20. The molecule has 3 rings (SSSR count). The van der Waals surface area contributed by atoms with Crippen LogP contribution in [-0.4, -0.2) is 6.54 Å². The number of anilines is 3. The lowest BCUT2D eigenvalue weighted by Crippen LogP contribution is -2.30. The van der Waals surface area contributed by atoms with E-state index in [1.165, 1.54) is 11.3 Å². The fourth-order valence-corrected chi connectivity index (χ4v) is 3.56. The van der Waals surface area contributed by atoms with Crippen molar-refractivity contribution in [3.8, 4) is 0 Å². The van der Waals surface area contributed by atoms with Crippen LogP contribution in [0.5, 0.6) is 0 Å². The van der Waals surface area contributed by atoms with Gasteiger partial charge in [0.2, 0.25) is 0 Å². The maximum absolute atomic E-state index is 6.38. The van der Waals surface area contributed by atoms with Gasteiger partial charge in [0.05, 0.1) is 15.7 Å². The molecule has 4 heteroatoms. The number of hydrogen-bond donors (Lipinski definition) is 1. The zero-order valence-electron chi connectivity index (χ0n) is 11.2. The van der Waals surface area contributed by atoms with Crippen molar-refractivity contribution in [2.75, 3.05) is 17.2 Å². The maximum atomic E-state index is 6.38. The second kappa shape index (κ2) is 5.19. The summed E-state index contributed by atoms with van der Waals surface area (Å²) in [5, 5.41) is 1.19. The van der Waals surface area contributed by atoms with Crippen molar-refractivity contribution in [3.63, 3.8) is 0 Å². The van der Waals surface area contributed by atoms with E-state index in [1.54, 1.807) is 12.1 Å². The first-order valence-corrected chi connectivity index (χ1v) is 7.42. The van der Waals surface area contributed by atoms with Crippen molar-refractivity contribution in [2.45, 2.75) is 13.3 Å². The van der Waals surface area contributed by atoms with Crippen molar-refractivity contribution < 1.29 is 0 Å². The molecule has 1 heterocycles. The number of halogens is 2. The predicted octanol–water partition coefficient (Wildman–Crippen LogP) is 4.91. The van der Waals surface area contributed by atoms with E-state index in [2.05, 4.69) is 30.0 Å². The first-order chi connectivity index (χ1) is 9.56. The Morgan fingerprint density at radius 2 is 1.80 bits per heavy atom. The molecule has 1 aliphatic heterocycles. The molecule has 0 amide bonds. The summed E-state index contributed by atoms with van der Waals surface area (Å²) in [6, 6.07) is 11.9. The minimum atomic E-state index is 0.551. The molecule has 2 aromatic carbocycles. The Morgan fingerprint density at radius 1 is 1.15 bits per heavy atom. The largest absolute Gasteiger partial charge is 0.399 e. The zero-order valence-corrected chi connectivity index (χ0v) is 12.7. The highest BCUT2D eigenvalue weighted by atomic mass is 35.5. The molecule has 1 aliphatic rings. The molecule has 2 nitrogen and oxygen atoms in total. The van der Waals surface area contributed by atoms with Gasteiger partial charge in [0.15, 0.2) is 0 Å². The molecule has 104 valence electrons. The summed E-state index contributed by atoms with van der Waals surface area (Å²) in [5.41, 5.74) is 9.73. The maximum Gasteiger partial charge on any atom is 0.0791 e. The van der Waals surface area contributed by atoms with Crippen LogP contribution in [0.1, 0.15) is 12.5 Å². The van der Waals surface area contributed by atoms with Gasteiger partial charge in [-0.3, -0.25) is 0 Å². The van der Waals surface area contributed by atoms with Crippen LogP contribution in [0, 0.1) is 5.92 Å². The fraction of sp³-hybridized carbons (Fsp3) is 0.250. The molecule has 0 aliphatic carbocycles. The van der Waals surface area contributed by atoms with E-state index in [0.29, 0.717) is 21.7 Å². The highest BCUT2D eigenvalue weighted by molar-refractivity contribution is 6.39. The number of nitrogen functional groups attached to an aromatic ring is 1. The van der Waals surface area contributed by atoms with Crippen LogP contribution in [-0.2, 0) is 6.42 Å². The zero-order chi connectivity index (χ0) is 14.3. The molecule has 0 aromatic heterocycles. The highest BCUT2D eigenvalue weighted by Gasteiger charge is 2.25. The second-order valence-corrected chi connectivity index (χ2v) is 6.20.